The van der Waals surface area contributed by atoms with Crippen LogP contribution in [0.1, 0.15) is 0 Å². The molecule has 0 spiro atoms. The van der Waals surface area contributed by atoms with Gasteiger partial charge >= 0.3 is 0 Å². The fourth-order valence-corrected chi connectivity index (χ4v) is 2.28. The van der Waals surface area contributed by atoms with Crippen molar-refractivity contribution in [3.63, 3.8) is 0 Å². The number of quaternary nitrogens is 1. The Morgan fingerprint density at radius 3 is 2.40 bits per heavy atom. The van der Waals surface area contributed by atoms with Gasteiger partial charge in [0, 0.05) is 0 Å². The van der Waals surface area contributed by atoms with E-state index in [1.54, 1.807) is 0 Å². The average Bonchev–Trinajstić information content (AvgIpc) is 2.14. The second-order valence-corrected chi connectivity index (χ2v) is 5.53. The first kappa shape index (κ1) is 12.6. The second kappa shape index (κ2) is 5.06. The summed E-state index contributed by atoms with van der Waals surface area (Å²) in [6.07, 6.45) is 0. The fraction of sp³-hybridized carbons (Fsp3) is 0.857. The van der Waals surface area contributed by atoms with Crippen LogP contribution in [0, 0.1) is 0 Å². The van der Waals surface area contributed by atoms with Gasteiger partial charge in [-0.15, -0.1) is 0 Å². The quantitative estimate of drug-likeness (QED) is 0.411. The van der Waals surface area contributed by atoms with Gasteiger partial charge in [-0.2, -0.15) is 0 Å². The SMILES string of the molecule is NC(=S)N1CC[NH+](CCS(=O)(=O)[O-])CC1. The maximum absolute atomic E-state index is 10.4. The van der Waals surface area contributed by atoms with E-state index in [1.165, 1.54) is 0 Å². The van der Waals surface area contributed by atoms with Crippen molar-refractivity contribution in [1.29, 1.82) is 0 Å². The highest BCUT2D eigenvalue weighted by molar-refractivity contribution is 7.85. The van der Waals surface area contributed by atoms with Crippen LogP contribution < -0.4 is 10.6 Å². The van der Waals surface area contributed by atoms with Crippen LogP contribution >= 0.6 is 12.2 Å². The number of rotatable bonds is 3. The third-order valence-corrected chi connectivity index (χ3v) is 3.45. The van der Waals surface area contributed by atoms with E-state index >= 15 is 0 Å². The molecule has 0 radical (unpaired) electrons. The van der Waals surface area contributed by atoms with E-state index in [0.29, 0.717) is 11.7 Å². The van der Waals surface area contributed by atoms with E-state index in [-0.39, 0.29) is 5.75 Å². The summed E-state index contributed by atoms with van der Waals surface area (Å²) in [7, 11) is -4.09. The van der Waals surface area contributed by atoms with Gasteiger partial charge in [-0.25, -0.2) is 8.42 Å². The standard InChI is InChI=1S/C7H15N3O3S2/c8-7(14)10-3-1-9(2-4-10)5-6-15(11,12)13/h1-6H2,(H2,8,14)(H,11,12,13). The molecular formula is C7H15N3O3S2. The van der Waals surface area contributed by atoms with Crippen LogP contribution in [-0.2, 0) is 10.1 Å². The molecule has 1 heterocycles. The third-order valence-electron chi connectivity index (χ3n) is 2.49. The summed E-state index contributed by atoms with van der Waals surface area (Å²) in [6.45, 7) is 3.36. The van der Waals surface area contributed by atoms with E-state index in [0.717, 1.165) is 31.1 Å². The van der Waals surface area contributed by atoms with Gasteiger partial charge in [0.05, 0.1) is 38.5 Å². The van der Waals surface area contributed by atoms with Gasteiger partial charge in [0.2, 0.25) is 0 Å². The third kappa shape index (κ3) is 4.74. The Kier molecular flexibility index (Phi) is 4.26. The first-order chi connectivity index (χ1) is 6.88. The van der Waals surface area contributed by atoms with Crippen LogP contribution in [0.5, 0.6) is 0 Å². The maximum atomic E-state index is 10.4. The molecule has 0 aromatic carbocycles. The number of nitrogens with one attached hydrogen (secondary N) is 1. The van der Waals surface area contributed by atoms with Crippen LogP contribution in [0.15, 0.2) is 0 Å². The van der Waals surface area contributed by atoms with Crippen molar-refractivity contribution in [1.82, 2.24) is 4.90 Å². The molecule has 0 aliphatic carbocycles. The molecule has 0 bridgehead atoms. The molecule has 15 heavy (non-hydrogen) atoms. The number of thiocarbonyl (C=S) groups is 1. The van der Waals surface area contributed by atoms with E-state index in [9.17, 15) is 13.0 Å². The molecule has 88 valence electrons. The molecule has 0 saturated carbocycles. The zero-order valence-corrected chi connectivity index (χ0v) is 9.94. The highest BCUT2D eigenvalue weighted by atomic mass is 32.2. The molecule has 3 N–H and O–H groups in total. The van der Waals surface area contributed by atoms with Crippen LogP contribution in [0.25, 0.3) is 0 Å². The zero-order valence-electron chi connectivity index (χ0n) is 8.31. The van der Waals surface area contributed by atoms with E-state index < -0.39 is 10.1 Å². The Morgan fingerprint density at radius 1 is 1.47 bits per heavy atom. The summed E-state index contributed by atoms with van der Waals surface area (Å²) < 4.78 is 31.3. The summed E-state index contributed by atoms with van der Waals surface area (Å²) in [5, 5.41) is 0.380. The molecule has 0 unspecified atom stereocenters. The van der Waals surface area contributed by atoms with E-state index in [1.807, 2.05) is 4.90 Å². The van der Waals surface area contributed by atoms with Crippen LogP contribution in [0.2, 0.25) is 0 Å². The molecular weight excluding hydrogens is 238 g/mol. The number of nitrogens with zero attached hydrogens (tertiary/aromatic N) is 1. The van der Waals surface area contributed by atoms with Gasteiger partial charge in [0.15, 0.2) is 5.11 Å². The number of nitrogens with two attached hydrogens (primary N) is 1. The molecule has 0 amide bonds. The van der Waals surface area contributed by atoms with Gasteiger partial charge in [-0.3, -0.25) is 0 Å². The number of hydrogen-bond acceptors (Lipinski definition) is 4. The predicted octanol–water partition coefficient (Wildman–Crippen LogP) is -3.02. The number of piperazine rings is 1. The van der Waals surface area contributed by atoms with Crippen molar-refractivity contribution in [3.05, 3.63) is 0 Å². The molecule has 1 rings (SSSR count). The second-order valence-electron chi connectivity index (χ2n) is 3.59. The molecule has 1 aliphatic rings. The zero-order chi connectivity index (χ0) is 11.5. The lowest BCUT2D eigenvalue weighted by Crippen LogP contribution is -3.15. The highest BCUT2D eigenvalue weighted by Crippen LogP contribution is 1.88. The van der Waals surface area contributed by atoms with Crippen molar-refractivity contribution in [3.8, 4) is 0 Å². The molecule has 1 aliphatic heterocycles. The van der Waals surface area contributed by atoms with Gasteiger partial charge < -0.3 is 20.1 Å². The highest BCUT2D eigenvalue weighted by Gasteiger charge is 2.20. The molecule has 0 atom stereocenters. The lowest BCUT2D eigenvalue weighted by atomic mass is 10.3. The fourth-order valence-electron chi connectivity index (χ4n) is 1.56. The average molecular weight is 253 g/mol. The molecule has 1 saturated heterocycles. The smallest absolute Gasteiger partial charge is 0.166 e. The molecule has 8 heteroatoms. The van der Waals surface area contributed by atoms with Crippen LogP contribution in [-0.4, -0.2) is 61.5 Å². The lowest BCUT2D eigenvalue weighted by molar-refractivity contribution is -0.901. The van der Waals surface area contributed by atoms with E-state index in [2.05, 4.69) is 0 Å². The monoisotopic (exact) mass is 253 g/mol. The topological polar surface area (TPSA) is 90.9 Å². The Morgan fingerprint density at radius 2 is 2.00 bits per heavy atom. The molecule has 0 aromatic heterocycles. The first-order valence-corrected chi connectivity index (χ1v) is 6.68. The molecule has 6 nitrogen and oxygen atoms in total. The van der Waals surface area contributed by atoms with Crippen molar-refractivity contribution in [2.75, 3.05) is 38.5 Å². The summed E-state index contributed by atoms with van der Waals surface area (Å²) in [5.41, 5.74) is 5.46. The van der Waals surface area contributed by atoms with Crippen molar-refractivity contribution in [2.24, 2.45) is 5.73 Å². The van der Waals surface area contributed by atoms with Crippen LogP contribution in [0.3, 0.4) is 0 Å². The van der Waals surface area contributed by atoms with Crippen molar-refractivity contribution in [2.45, 2.75) is 0 Å². The Hall–Kier alpha value is -0.440. The van der Waals surface area contributed by atoms with Gasteiger partial charge in [0.1, 0.15) is 10.1 Å². The summed E-state index contributed by atoms with van der Waals surface area (Å²) >= 11 is 4.83. The van der Waals surface area contributed by atoms with Crippen molar-refractivity contribution >= 4 is 27.4 Å². The summed E-state index contributed by atoms with van der Waals surface area (Å²) in [5.74, 6) is -0.296. The predicted molar refractivity (Wildman–Crippen MR) is 58.5 cm³/mol. The van der Waals surface area contributed by atoms with E-state index in [4.69, 9.17) is 18.0 Å². The Balaban J connectivity index is 2.29. The molecule has 0 aromatic rings. The largest absolute Gasteiger partial charge is 0.748 e. The lowest BCUT2D eigenvalue weighted by Gasteiger charge is -2.32. The summed E-state index contributed by atoms with van der Waals surface area (Å²) in [4.78, 5) is 2.99. The molecule has 1 fully saturated rings. The normalized spacial score (nSPS) is 19.1. The van der Waals surface area contributed by atoms with Crippen LogP contribution in [0.4, 0.5) is 0 Å². The summed E-state index contributed by atoms with van der Waals surface area (Å²) in [6, 6.07) is 0. The van der Waals surface area contributed by atoms with Gasteiger partial charge in [-0.05, 0) is 12.2 Å². The minimum absolute atomic E-state index is 0.296. The Bertz CT molecular complexity index is 322. The van der Waals surface area contributed by atoms with Gasteiger partial charge in [-0.1, -0.05) is 0 Å². The van der Waals surface area contributed by atoms with Gasteiger partial charge in [0.25, 0.3) is 0 Å². The minimum Gasteiger partial charge on any atom is -0.748 e. The minimum atomic E-state index is -4.09. The first-order valence-electron chi connectivity index (χ1n) is 4.70. The number of hydrogen-bond donors (Lipinski definition) is 2. The van der Waals surface area contributed by atoms with Crippen molar-refractivity contribution < 1.29 is 17.9 Å². The Labute approximate surface area is 94.8 Å². The maximum Gasteiger partial charge on any atom is 0.166 e.